The molecule has 2 amide bonds. The van der Waals surface area contributed by atoms with Crippen LogP contribution in [0.2, 0.25) is 0 Å². The second-order valence-corrected chi connectivity index (χ2v) is 9.94. The lowest BCUT2D eigenvalue weighted by atomic mass is 9.70. The summed E-state index contributed by atoms with van der Waals surface area (Å²) < 4.78 is 11.9. The summed E-state index contributed by atoms with van der Waals surface area (Å²) in [4.78, 5) is 44.2. The first kappa shape index (κ1) is 26.1. The lowest BCUT2D eigenvalue weighted by Crippen LogP contribution is -2.57. The minimum Gasteiger partial charge on any atom is -0.465 e. The standard InChI is InChI=1S/C28H36N2O6/c1-5-7-8-16-35-27(34)22-21-11-12-28(36-21)23(22)25(32)30(14-15-31)24(28)26(33)29(13-6-2)20-17-18(3)9-10-19(20)4/h5-6,9-10,17,21-24,31H,1-2,7-8,11-16H2,3-4H3/t21-,22+,23+,24?,28?/m1/s1. The van der Waals surface area contributed by atoms with Crippen LogP contribution in [0.5, 0.6) is 0 Å². The number of β-amino-alcohol motifs (C(OH)–C–C–N with tert-alkyl or cyclic N) is 1. The topological polar surface area (TPSA) is 96.4 Å². The largest absolute Gasteiger partial charge is 0.465 e. The van der Waals surface area contributed by atoms with Crippen molar-refractivity contribution >= 4 is 23.5 Å². The molecule has 2 unspecified atom stereocenters. The van der Waals surface area contributed by atoms with E-state index in [4.69, 9.17) is 9.47 Å². The van der Waals surface area contributed by atoms with Crippen LogP contribution in [0.4, 0.5) is 5.69 Å². The smallest absolute Gasteiger partial charge is 0.312 e. The lowest BCUT2D eigenvalue weighted by molar-refractivity contribution is -0.155. The number of ether oxygens (including phenoxy) is 2. The molecule has 0 aliphatic carbocycles. The monoisotopic (exact) mass is 496 g/mol. The molecule has 5 atom stereocenters. The highest BCUT2D eigenvalue weighted by molar-refractivity contribution is 6.05. The minimum absolute atomic E-state index is 0.0165. The number of likely N-dealkylation sites (tertiary alicyclic amines) is 1. The molecule has 3 aliphatic rings. The van der Waals surface area contributed by atoms with E-state index in [2.05, 4.69) is 13.2 Å². The van der Waals surface area contributed by atoms with E-state index in [1.165, 1.54) is 4.90 Å². The number of aliphatic hydroxyl groups excluding tert-OH is 1. The fourth-order valence-corrected chi connectivity index (χ4v) is 6.14. The second kappa shape index (κ2) is 10.6. The Balaban J connectivity index is 1.70. The molecular weight excluding hydrogens is 460 g/mol. The van der Waals surface area contributed by atoms with Gasteiger partial charge >= 0.3 is 5.97 Å². The average molecular weight is 497 g/mol. The van der Waals surface area contributed by atoms with E-state index < -0.39 is 35.6 Å². The van der Waals surface area contributed by atoms with Crippen LogP contribution in [0.1, 0.15) is 36.8 Å². The zero-order chi connectivity index (χ0) is 26.0. The molecular formula is C28H36N2O6. The van der Waals surface area contributed by atoms with Crippen molar-refractivity contribution in [3.63, 3.8) is 0 Å². The Labute approximate surface area is 212 Å². The third-order valence-corrected chi connectivity index (χ3v) is 7.68. The third-order valence-electron chi connectivity index (χ3n) is 7.68. The number of hydrogen-bond acceptors (Lipinski definition) is 6. The van der Waals surface area contributed by atoms with E-state index in [1.807, 2.05) is 32.0 Å². The summed E-state index contributed by atoms with van der Waals surface area (Å²) in [5.74, 6) is -2.67. The number of carbonyl (C=O) groups excluding carboxylic acids is 3. The van der Waals surface area contributed by atoms with Gasteiger partial charge in [0.1, 0.15) is 11.6 Å². The van der Waals surface area contributed by atoms with Crippen LogP contribution in [0.3, 0.4) is 0 Å². The molecule has 3 aliphatic heterocycles. The number of fused-ring (bicyclic) bond motifs is 1. The molecule has 194 valence electrons. The number of anilines is 1. The van der Waals surface area contributed by atoms with Crippen molar-refractivity contribution in [3.05, 3.63) is 54.6 Å². The zero-order valence-electron chi connectivity index (χ0n) is 21.2. The number of nitrogens with zero attached hydrogens (tertiary/aromatic N) is 2. The van der Waals surface area contributed by atoms with Gasteiger partial charge in [-0.25, -0.2) is 0 Å². The number of rotatable bonds is 11. The average Bonchev–Trinajstić information content (AvgIpc) is 3.49. The SMILES string of the molecule is C=CCCCOC(=O)[C@@H]1[C@H]2C(=O)N(CCO)C(C(=O)N(CC=C)c3cc(C)ccc3C)C23CC[C@H]1O3. The number of allylic oxidation sites excluding steroid dienone is 1. The van der Waals surface area contributed by atoms with Crippen LogP contribution in [0.25, 0.3) is 0 Å². The molecule has 0 saturated carbocycles. The van der Waals surface area contributed by atoms with Crippen LogP contribution < -0.4 is 4.90 Å². The summed E-state index contributed by atoms with van der Waals surface area (Å²) in [7, 11) is 0. The molecule has 1 aromatic carbocycles. The highest BCUT2D eigenvalue weighted by atomic mass is 16.6. The number of aryl methyl sites for hydroxylation is 2. The predicted molar refractivity (Wildman–Crippen MR) is 135 cm³/mol. The van der Waals surface area contributed by atoms with Gasteiger partial charge in [-0.15, -0.1) is 13.2 Å². The Hall–Kier alpha value is -2.97. The van der Waals surface area contributed by atoms with Gasteiger partial charge in [0.05, 0.1) is 31.2 Å². The second-order valence-electron chi connectivity index (χ2n) is 9.94. The summed E-state index contributed by atoms with van der Waals surface area (Å²) in [6, 6.07) is 4.92. The molecule has 8 heteroatoms. The number of aliphatic hydroxyl groups is 1. The summed E-state index contributed by atoms with van der Waals surface area (Å²) in [6.07, 6.45) is 5.38. The van der Waals surface area contributed by atoms with Crippen LogP contribution in [0.15, 0.2) is 43.5 Å². The molecule has 1 spiro atoms. The van der Waals surface area contributed by atoms with Gasteiger partial charge in [-0.05, 0) is 56.7 Å². The van der Waals surface area contributed by atoms with E-state index >= 15 is 0 Å². The van der Waals surface area contributed by atoms with E-state index in [-0.39, 0.29) is 38.1 Å². The molecule has 1 N–H and O–H groups in total. The first-order chi connectivity index (χ1) is 17.3. The van der Waals surface area contributed by atoms with Crippen LogP contribution in [-0.2, 0) is 23.9 Å². The van der Waals surface area contributed by atoms with Crippen molar-refractivity contribution in [1.82, 2.24) is 4.90 Å². The zero-order valence-corrected chi connectivity index (χ0v) is 21.2. The van der Waals surface area contributed by atoms with Gasteiger partial charge in [-0.3, -0.25) is 14.4 Å². The van der Waals surface area contributed by atoms with Crippen molar-refractivity contribution in [1.29, 1.82) is 0 Å². The Bertz CT molecular complexity index is 1050. The van der Waals surface area contributed by atoms with Gasteiger partial charge in [-0.2, -0.15) is 0 Å². The van der Waals surface area contributed by atoms with E-state index in [0.29, 0.717) is 19.3 Å². The Morgan fingerprint density at radius 3 is 2.78 bits per heavy atom. The maximum absolute atomic E-state index is 14.3. The van der Waals surface area contributed by atoms with Gasteiger partial charge in [-0.1, -0.05) is 24.3 Å². The molecule has 2 bridgehead atoms. The summed E-state index contributed by atoms with van der Waals surface area (Å²) in [5.41, 5.74) is 1.53. The molecule has 0 radical (unpaired) electrons. The van der Waals surface area contributed by atoms with Gasteiger partial charge in [0, 0.05) is 18.8 Å². The number of amides is 2. The van der Waals surface area contributed by atoms with Crippen molar-refractivity contribution in [2.24, 2.45) is 11.8 Å². The molecule has 3 fully saturated rings. The molecule has 36 heavy (non-hydrogen) atoms. The van der Waals surface area contributed by atoms with Gasteiger partial charge in [0.25, 0.3) is 5.91 Å². The highest BCUT2D eigenvalue weighted by Crippen LogP contribution is 2.58. The van der Waals surface area contributed by atoms with Gasteiger partial charge in [0.15, 0.2) is 0 Å². The number of unbranched alkanes of at least 4 members (excludes halogenated alkanes) is 1. The van der Waals surface area contributed by atoms with Crippen LogP contribution in [-0.4, -0.2) is 71.8 Å². The minimum atomic E-state index is -1.13. The normalized spacial score (nSPS) is 28.2. The number of carbonyl (C=O) groups is 3. The molecule has 4 rings (SSSR count). The van der Waals surface area contributed by atoms with E-state index in [1.54, 1.807) is 17.1 Å². The Morgan fingerprint density at radius 2 is 2.08 bits per heavy atom. The van der Waals surface area contributed by atoms with Crippen molar-refractivity contribution < 1.29 is 29.0 Å². The third kappa shape index (κ3) is 4.26. The van der Waals surface area contributed by atoms with E-state index in [0.717, 1.165) is 23.2 Å². The molecule has 3 saturated heterocycles. The van der Waals surface area contributed by atoms with Gasteiger partial charge in [0.2, 0.25) is 5.91 Å². The molecule has 1 aromatic rings. The first-order valence-electron chi connectivity index (χ1n) is 12.7. The van der Waals surface area contributed by atoms with Gasteiger partial charge < -0.3 is 24.4 Å². The lowest BCUT2D eigenvalue weighted by Gasteiger charge is -2.37. The molecule has 8 nitrogen and oxygen atoms in total. The number of esters is 1. The van der Waals surface area contributed by atoms with Crippen LogP contribution in [0, 0.1) is 25.7 Å². The fourth-order valence-electron chi connectivity index (χ4n) is 6.14. The fraction of sp³-hybridized carbons (Fsp3) is 0.536. The Morgan fingerprint density at radius 1 is 1.31 bits per heavy atom. The molecule has 0 aromatic heterocycles. The molecule has 3 heterocycles. The van der Waals surface area contributed by atoms with Crippen molar-refractivity contribution in [3.8, 4) is 0 Å². The number of benzene rings is 1. The predicted octanol–water partition coefficient (Wildman–Crippen LogP) is 2.70. The van der Waals surface area contributed by atoms with E-state index in [9.17, 15) is 19.5 Å². The van der Waals surface area contributed by atoms with Crippen molar-refractivity contribution in [2.45, 2.75) is 57.3 Å². The quantitative estimate of drug-likeness (QED) is 0.288. The van der Waals surface area contributed by atoms with Crippen molar-refractivity contribution in [2.75, 3.05) is 31.2 Å². The Kier molecular flexibility index (Phi) is 7.66. The summed E-state index contributed by atoms with van der Waals surface area (Å²) >= 11 is 0. The number of hydrogen-bond donors (Lipinski definition) is 1. The maximum Gasteiger partial charge on any atom is 0.312 e. The first-order valence-corrected chi connectivity index (χ1v) is 12.7. The highest BCUT2D eigenvalue weighted by Gasteiger charge is 2.75. The summed E-state index contributed by atoms with van der Waals surface area (Å²) in [5, 5.41) is 9.78. The maximum atomic E-state index is 14.3. The van der Waals surface area contributed by atoms with Crippen LogP contribution >= 0.6 is 0 Å². The summed E-state index contributed by atoms with van der Waals surface area (Å²) in [6.45, 7) is 11.6.